The van der Waals surface area contributed by atoms with Crippen molar-refractivity contribution in [2.75, 3.05) is 6.61 Å². The van der Waals surface area contributed by atoms with E-state index in [1.165, 1.54) is 38.5 Å². The Morgan fingerprint density at radius 3 is 2.54 bits per heavy atom. The summed E-state index contributed by atoms with van der Waals surface area (Å²) in [6.07, 6.45) is 7.95. The van der Waals surface area contributed by atoms with Crippen molar-refractivity contribution in [2.24, 2.45) is 17.8 Å². The number of aliphatic hydroxyl groups is 1. The Hall–Kier alpha value is -0.0400. The second kappa shape index (κ2) is 5.64. The SMILES string of the molecule is CCCC(CC)C1CCC(CO)C1. The molecular formula is C12H24O. The highest BCUT2D eigenvalue weighted by molar-refractivity contribution is 4.79. The lowest BCUT2D eigenvalue weighted by Crippen LogP contribution is -2.11. The second-order valence-electron chi connectivity index (χ2n) is 4.58. The Bertz CT molecular complexity index is 133. The fourth-order valence-electron chi connectivity index (χ4n) is 2.85. The van der Waals surface area contributed by atoms with Gasteiger partial charge in [-0.05, 0) is 37.0 Å². The average Bonchev–Trinajstić information content (AvgIpc) is 2.62. The predicted molar refractivity (Wildman–Crippen MR) is 56.6 cm³/mol. The molecule has 3 unspecified atom stereocenters. The van der Waals surface area contributed by atoms with Crippen LogP contribution in [0.25, 0.3) is 0 Å². The minimum absolute atomic E-state index is 0.416. The maximum atomic E-state index is 9.07. The van der Waals surface area contributed by atoms with Crippen molar-refractivity contribution < 1.29 is 5.11 Å². The molecule has 13 heavy (non-hydrogen) atoms. The first-order valence-electron chi connectivity index (χ1n) is 5.92. The van der Waals surface area contributed by atoms with E-state index in [0.29, 0.717) is 12.5 Å². The van der Waals surface area contributed by atoms with Gasteiger partial charge in [0.1, 0.15) is 0 Å². The highest BCUT2D eigenvalue weighted by Crippen LogP contribution is 2.38. The van der Waals surface area contributed by atoms with Gasteiger partial charge in [-0.15, -0.1) is 0 Å². The normalized spacial score (nSPS) is 30.7. The molecule has 0 saturated heterocycles. The zero-order valence-electron chi connectivity index (χ0n) is 9.13. The smallest absolute Gasteiger partial charge is 0.0459 e. The third-order valence-electron chi connectivity index (χ3n) is 3.69. The first kappa shape index (κ1) is 11.0. The van der Waals surface area contributed by atoms with Gasteiger partial charge in [0.15, 0.2) is 0 Å². The summed E-state index contributed by atoms with van der Waals surface area (Å²) < 4.78 is 0. The van der Waals surface area contributed by atoms with E-state index in [1.54, 1.807) is 0 Å². The molecule has 0 amide bonds. The molecule has 1 heteroatoms. The van der Waals surface area contributed by atoms with Gasteiger partial charge < -0.3 is 5.11 Å². The molecule has 1 aliphatic rings. The van der Waals surface area contributed by atoms with Crippen LogP contribution < -0.4 is 0 Å². The summed E-state index contributed by atoms with van der Waals surface area (Å²) in [7, 11) is 0. The first-order valence-corrected chi connectivity index (χ1v) is 5.92. The van der Waals surface area contributed by atoms with Crippen LogP contribution in [0.15, 0.2) is 0 Å². The van der Waals surface area contributed by atoms with E-state index in [4.69, 9.17) is 5.11 Å². The van der Waals surface area contributed by atoms with Gasteiger partial charge in [-0.1, -0.05) is 33.1 Å². The molecule has 1 rings (SSSR count). The molecule has 78 valence electrons. The molecule has 0 bridgehead atoms. The summed E-state index contributed by atoms with van der Waals surface area (Å²) in [6.45, 7) is 5.01. The van der Waals surface area contributed by atoms with E-state index >= 15 is 0 Å². The maximum Gasteiger partial charge on any atom is 0.0459 e. The first-order chi connectivity index (χ1) is 6.31. The quantitative estimate of drug-likeness (QED) is 0.695. The van der Waals surface area contributed by atoms with Crippen molar-refractivity contribution in [3.8, 4) is 0 Å². The fraction of sp³-hybridized carbons (Fsp3) is 1.00. The monoisotopic (exact) mass is 184 g/mol. The van der Waals surface area contributed by atoms with Crippen LogP contribution in [-0.2, 0) is 0 Å². The van der Waals surface area contributed by atoms with Crippen LogP contribution >= 0.6 is 0 Å². The molecular weight excluding hydrogens is 160 g/mol. The Balaban J connectivity index is 2.33. The van der Waals surface area contributed by atoms with Gasteiger partial charge in [-0.3, -0.25) is 0 Å². The number of aliphatic hydroxyl groups excluding tert-OH is 1. The molecule has 1 fully saturated rings. The summed E-state index contributed by atoms with van der Waals surface area (Å²) in [5.74, 6) is 2.47. The molecule has 0 aromatic rings. The molecule has 0 spiro atoms. The Kier molecular flexibility index (Phi) is 4.79. The molecule has 1 aliphatic carbocycles. The van der Waals surface area contributed by atoms with Crippen molar-refractivity contribution >= 4 is 0 Å². The van der Waals surface area contributed by atoms with Crippen LogP contribution in [0.3, 0.4) is 0 Å². The van der Waals surface area contributed by atoms with E-state index in [9.17, 15) is 0 Å². The van der Waals surface area contributed by atoms with Gasteiger partial charge in [-0.25, -0.2) is 0 Å². The zero-order valence-corrected chi connectivity index (χ0v) is 9.13. The third kappa shape index (κ3) is 2.98. The third-order valence-corrected chi connectivity index (χ3v) is 3.69. The van der Waals surface area contributed by atoms with Crippen LogP contribution in [0.2, 0.25) is 0 Å². The average molecular weight is 184 g/mol. The Morgan fingerprint density at radius 1 is 1.31 bits per heavy atom. The van der Waals surface area contributed by atoms with Crippen molar-refractivity contribution in [3.05, 3.63) is 0 Å². The molecule has 0 aliphatic heterocycles. The van der Waals surface area contributed by atoms with Gasteiger partial charge in [0.2, 0.25) is 0 Å². The lowest BCUT2D eigenvalue weighted by molar-refractivity contribution is 0.216. The molecule has 0 heterocycles. The number of rotatable bonds is 5. The Labute approximate surface area is 82.5 Å². The van der Waals surface area contributed by atoms with Gasteiger partial charge in [-0.2, -0.15) is 0 Å². The summed E-state index contributed by atoms with van der Waals surface area (Å²) in [5, 5.41) is 9.07. The lowest BCUT2D eigenvalue weighted by Gasteiger charge is -2.21. The minimum atomic E-state index is 0.416. The largest absolute Gasteiger partial charge is 0.396 e. The number of hydrogen-bond donors (Lipinski definition) is 1. The predicted octanol–water partition coefficient (Wildman–Crippen LogP) is 3.22. The van der Waals surface area contributed by atoms with E-state index in [-0.39, 0.29) is 0 Å². The van der Waals surface area contributed by atoms with Gasteiger partial charge in [0, 0.05) is 6.61 Å². The molecule has 1 N–H and O–H groups in total. The van der Waals surface area contributed by atoms with Crippen LogP contribution in [0.5, 0.6) is 0 Å². The topological polar surface area (TPSA) is 20.2 Å². The highest BCUT2D eigenvalue weighted by Gasteiger charge is 2.28. The molecule has 0 aromatic heterocycles. The van der Waals surface area contributed by atoms with E-state index in [1.807, 2.05) is 0 Å². The van der Waals surface area contributed by atoms with Gasteiger partial charge >= 0.3 is 0 Å². The van der Waals surface area contributed by atoms with Crippen LogP contribution in [0.1, 0.15) is 52.4 Å². The fourth-order valence-corrected chi connectivity index (χ4v) is 2.85. The van der Waals surface area contributed by atoms with E-state index in [2.05, 4.69) is 13.8 Å². The van der Waals surface area contributed by atoms with Crippen molar-refractivity contribution in [2.45, 2.75) is 52.4 Å². The second-order valence-corrected chi connectivity index (χ2v) is 4.58. The summed E-state index contributed by atoms with van der Waals surface area (Å²) >= 11 is 0. The maximum absolute atomic E-state index is 9.07. The zero-order chi connectivity index (χ0) is 9.68. The Morgan fingerprint density at radius 2 is 2.08 bits per heavy atom. The summed E-state index contributed by atoms with van der Waals surface area (Å²) in [6, 6.07) is 0. The standard InChI is InChI=1S/C12H24O/c1-3-5-11(4-2)12-7-6-10(8-12)9-13/h10-13H,3-9H2,1-2H3. The highest BCUT2D eigenvalue weighted by atomic mass is 16.3. The summed E-state index contributed by atoms with van der Waals surface area (Å²) in [4.78, 5) is 0. The minimum Gasteiger partial charge on any atom is -0.396 e. The molecule has 1 nitrogen and oxygen atoms in total. The van der Waals surface area contributed by atoms with Gasteiger partial charge in [0.05, 0.1) is 0 Å². The lowest BCUT2D eigenvalue weighted by atomic mass is 9.85. The van der Waals surface area contributed by atoms with Gasteiger partial charge in [0.25, 0.3) is 0 Å². The molecule has 0 radical (unpaired) electrons. The van der Waals surface area contributed by atoms with Crippen molar-refractivity contribution in [1.82, 2.24) is 0 Å². The van der Waals surface area contributed by atoms with Crippen LogP contribution in [-0.4, -0.2) is 11.7 Å². The van der Waals surface area contributed by atoms with Crippen molar-refractivity contribution in [3.63, 3.8) is 0 Å². The van der Waals surface area contributed by atoms with Crippen LogP contribution in [0, 0.1) is 17.8 Å². The molecule has 3 atom stereocenters. The summed E-state index contributed by atoms with van der Waals surface area (Å²) in [5.41, 5.74) is 0. The molecule has 1 saturated carbocycles. The van der Waals surface area contributed by atoms with E-state index < -0.39 is 0 Å². The van der Waals surface area contributed by atoms with Crippen molar-refractivity contribution in [1.29, 1.82) is 0 Å². The molecule has 0 aromatic carbocycles. The van der Waals surface area contributed by atoms with E-state index in [0.717, 1.165) is 11.8 Å². The number of hydrogen-bond acceptors (Lipinski definition) is 1. The van der Waals surface area contributed by atoms with Crippen LogP contribution in [0.4, 0.5) is 0 Å².